The average molecular weight is 201 g/mol. The van der Waals surface area contributed by atoms with E-state index >= 15 is 0 Å². The fourth-order valence-corrected chi connectivity index (χ4v) is 1.63. The fraction of sp³-hybridized carbons (Fsp3) is 0.231. The molecule has 15 heavy (non-hydrogen) atoms. The molecular weight excluding hydrogens is 186 g/mol. The molecule has 0 bridgehead atoms. The van der Waals surface area contributed by atoms with Crippen molar-refractivity contribution >= 4 is 0 Å². The highest BCUT2D eigenvalue weighted by atomic mass is 16.3. The summed E-state index contributed by atoms with van der Waals surface area (Å²) in [7, 11) is 0. The van der Waals surface area contributed by atoms with E-state index in [0.717, 1.165) is 30.7 Å². The van der Waals surface area contributed by atoms with Gasteiger partial charge in [0, 0.05) is 5.56 Å². The molecule has 2 rings (SSSR count). The standard InChI is InChI=1S/C13H15NO/c14-8-2-5-11-4-1-6-12(10-11)13-7-3-9-15-13/h1,3-4,6-7,9-10H,2,5,8,14H2. The number of furan rings is 1. The predicted molar refractivity (Wildman–Crippen MR) is 61.5 cm³/mol. The van der Waals surface area contributed by atoms with Crippen LogP contribution >= 0.6 is 0 Å². The third-order valence-electron chi connectivity index (χ3n) is 2.40. The topological polar surface area (TPSA) is 39.2 Å². The van der Waals surface area contributed by atoms with Gasteiger partial charge in [0.15, 0.2) is 0 Å². The Kier molecular flexibility index (Phi) is 3.20. The highest BCUT2D eigenvalue weighted by Gasteiger charge is 2.00. The highest BCUT2D eigenvalue weighted by Crippen LogP contribution is 2.21. The summed E-state index contributed by atoms with van der Waals surface area (Å²) in [5.41, 5.74) is 7.94. The predicted octanol–water partition coefficient (Wildman–Crippen LogP) is 2.84. The van der Waals surface area contributed by atoms with Crippen LogP contribution in [0, 0.1) is 0 Å². The van der Waals surface area contributed by atoms with Crippen molar-refractivity contribution in [3.63, 3.8) is 0 Å². The number of aryl methyl sites for hydroxylation is 1. The Balaban J connectivity index is 2.19. The summed E-state index contributed by atoms with van der Waals surface area (Å²) < 4.78 is 5.35. The van der Waals surface area contributed by atoms with Crippen LogP contribution in [0.5, 0.6) is 0 Å². The van der Waals surface area contributed by atoms with Crippen molar-refractivity contribution in [2.45, 2.75) is 12.8 Å². The molecule has 1 aromatic heterocycles. The normalized spacial score (nSPS) is 10.5. The minimum atomic E-state index is 0.741. The molecule has 78 valence electrons. The molecule has 0 aliphatic rings. The quantitative estimate of drug-likeness (QED) is 0.826. The Morgan fingerprint density at radius 3 is 2.80 bits per heavy atom. The van der Waals surface area contributed by atoms with Gasteiger partial charge in [0.25, 0.3) is 0 Å². The Morgan fingerprint density at radius 2 is 2.07 bits per heavy atom. The molecule has 0 fully saturated rings. The van der Waals surface area contributed by atoms with Crippen LogP contribution in [-0.4, -0.2) is 6.54 Å². The molecule has 0 amide bonds. The van der Waals surface area contributed by atoms with Crippen molar-refractivity contribution in [1.29, 1.82) is 0 Å². The molecule has 0 atom stereocenters. The summed E-state index contributed by atoms with van der Waals surface area (Å²) >= 11 is 0. The van der Waals surface area contributed by atoms with Gasteiger partial charge in [0.05, 0.1) is 6.26 Å². The Labute approximate surface area is 89.7 Å². The zero-order chi connectivity index (χ0) is 10.5. The molecule has 0 aliphatic heterocycles. The first-order valence-electron chi connectivity index (χ1n) is 5.23. The number of hydrogen-bond donors (Lipinski definition) is 1. The maximum Gasteiger partial charge on any atom is 0.133 e. The first kappa shape index (κ1) is 9.99. The van der Waals surface area contributed by atoms with Gasteiger partial charge >= 0.3 is 0 Å². The van der Waals surface area contributed by atoms with Crippen LogP contribution in [-0.2, 0) is 6.42 Å². The second-order valence-electron chi connectivity index (χ2n) is 3.57. The van der Waals surface area contributed by atoms with Crippen LogP contribution in [0.2, 0.25) is 0 Å². The van der Waals surface area contributed by atoms with Crippen LogP contribution in [0.1, 0.15) is 12.0 Å². The first-order chi connectivity index (χ1) is 7.40. The van der Waals surface area contributed by atoms with Crippen LogP contribution in [0.4, 0.5) is 0 Å². The van der Waals surface area contributed by atoms with Crippen molar-refractivity contribution in [2.75, 3.05) is 6.54 Å². The lowest BCUT2D eigenvalue weighted by Gasteiger charge is -2.02. The minimum absolute atomic E-state index is 0.741. The van der Waals surface area contributed by atoms with E-state index in [-0.39, 0.29) is 0 Å². The van der Waals surface area contributed by atoms with Crippen LogP contribution in [0.3, 0.4) is 0 Å². The van der Waals surface area contributed by atoms with E-state index in [2.05, 4.69) is 24.3 Å². The van der Waals surface area contributed by atoms with Crippen molar-refractivity contribution in [2.24, 2.45) is 5.73 Å². The second-order valence-corrected chi connectivity index (χ2v) is 3.57. The lowest BCUT2D eigenvalue weighted by atomic mass is 10.1. The van der Waals surface area contributed by atoms with E-state index in [0.29, 0.717) is 0 Å². The molecule has 2 nitrogen and oxygen atoms in total. The number of nitrogens with two attached hydrogens (primary N) is 1. The van der Waals surface area contributed by atoms with Gasteiger partial charge in [-0.05, 0) is 43.1 Å². The van der Waals surface area contributed by atoms with Crippen molar-refractivity contribution < 1.29 is 4.42 Å². The van der Waals surface area contributed by atoms with Gasteiger partial charge < -0.3 is 10.2 Å². The molecule has 0 saturated heterocycles. The number of benzene rings is 1. The van der Waals surface area contributed by atoms with E-state index in [1.807, 2.05) is 12.1 Å². The number of hydrogen-bond acceptors (Lipinski definition) is 2. The van der Waals surface area contributed by atoms with Gasteiger partial charge in [-0.1, -0.05) is 18.2 Å². The van der Waals surface area contributed by atoms with Gasteiger partial charge in [0.1, 0.15) is 5.76 Å². The average Bonchev–Trinajstić information content (AvgIpc) is 2.80. The van der Waals surface area contributed by atoms with Crippen LogP contribution in [0.15, 0.2) is 47.1 Å². The maximum atomic E-state index is 5.49. The molecule has 1 heterocycles. The second kappa shape index (κ2) is 4.80. The minimum Gasteiger partial charge on any atom is -0.464 e. The van der Waals surface area contributed by atoms with E-state index < -0.39 is 0 Å². The van der Waals surface area contributed by atoms with Crippen molar-refractivity contribution in [1.82, 2.24) is 0 Å². The third kappa shape index (κ3) is 2.48. The van der Waals surface area contributed by atoms with Crippen LogP contribution < -0.4 is 5.73 Å². The monoisotopic (exact) mass is 201 g/mol. The molecule has 2 N–H and O–H groups in total. The first-order valence-corrected chi connectivity index (χ1v) is 5.23. The molecule has 0 radical (unpaired) electrons. The Morgan fingerprint density at radius 1 is 1.13 bits per heavy atom. The highest BCUT2D eigenvalue weighted by molar-refractivity contribution is 5.58. The number of rotatable bonds is 4. The van der Waals surface area contributed by atoms with E-state index in [1.165, 1.54) is 5.56 Å². The smallest absolute Gasteiger partial charge is 0.133 e. The third-order valence-corrected chi connectivity index (χ3v) is 2.40. The summed E-state index contributed by atoms with van der Waals surface area (Å²) in [6, 6.07) is 12.3. The largest absolute Gasteiger partial charge is 0.464 e. The molecule has 0 unspecified atom stereocenters. The fourth-order valence-electron chi connectivity index (χ4n) is 1.63. The van der Waals surface area contributed by atoms with E-state index in [4.69, 9.17) is 10.2 Å². The molecule has 2 aromatic rings. The van der Waals surface area contributed by atoms with Gasteiger partial charge in [0.2, 0.25) is 0 Å². The zero-order valence-corrected chi connectivity index (χ0v) is 8.65. The maximum absolute atomic E-state index is 5.49. The SMILES string of the molecule is NCCCc1cccc(-c2ccco2)c1. The lowest BCUT2D eigenvalue weighted by Crippen LogP contribution is -2.00. The van der Waals surface area contributed by atoms with Gasteiger partial charge in [-0.25, -0.2) is 0 Å². The summed E-state index contributed by atoms with van der Waals surface area (Å²) in [5.74, 6) is 0.921. The Hall–Kier alpha value is -1.54. The zero-order valence-electron chi connectivity index (χ0n) is 8.65. The summed E-state index contributed by atoms with van der Waals surface area (Å²) in [6.45, 7) is 0.741. The van der Waals surface area contributed by atoms with Gasteiger partial charge in [-0.15, -0.1) is 0 Å². The Bertz CT molecular complexity index is 406. The van der Waals surface area contributed by atoms with Crippen LogP contribution in [0.25, 0.3) is 11.3 Å². The van der Waals surface area contributed by atoms with E-state index in [9.17, 15) is 0 Å². The van der Waals surface area contributed by atoms with E-state index in [1.54, 1.807) is 6.26 Å². The van der Waals surface area contributed by atoms with Gasteiger partial charge in [-0.3, -0.25) is 0 Å². The molecule has 0 aliphatic carbocycles. The van der Waals surface area contributed by atoms with Crippen molar-refractivity contribution in [3.05, 3.63) is 48.2 Å². The van der Waals surface area contributed by atoms with Gasteiger partial charge in [-0.2, -0.15) is 0 Å². The molecule has 2 heteroatoms. The molecule has 0 saturated carbocycles. The molecular formula is C13H15NO. The molecule has 1 aromatic carbocycles. The summed E-state index contributed by atoms with van der Waals surface area (Å²) in [6.07, 6.45) is 3.76. The van der Waals surface area contributed by atoms with Crippen molar-refractivity contribution in [3.8, 4) is 11.3 Å². The lowest BCUT2D eigenvalue weighted by molar-refractivity contribution is 0.582. The summed E-state index contributed by atoms with van der Waals surface area (Å²) in [4.78, 5) is 0. The molecule has 0 spiro atoms. The summed E-state index contributed by atoms with van der Waals surface area (Å²) in [5, 5.41) is 0.